The van der Waals surface area contributed by atoms with Gasteiger partial charge >= 0.3 is 5.97 Å². The Hall–Kier alpha value is -2.12. The van der Waals surface area contributed by atoms with Crippen LogP contribution in [0.25, 0.3) is 5.82 Å². The van der Waals surface area contributed by atoms with Crippen LogP contribution in [0.5, 0.6) is 0 Å². The van der Waals surface area contributed by atoms with Crippen LogP contribution in [-0.4, -0.2) is 63.7 Å². The summed E-state index contributed by atoms with van der Waals surface area (Å²) in [6.07, 6.45) is 1.48. The van der Waals surface area contributed by atoms with Crippen LogP contribution in [0.1, 0.15) is 35.6 Å². The molecule has 7 nitrogen and oxygen atoms in total. The summed E-state index contributed by atoms with van der Waals surface area (Å²) in [5.41, 5.74) is 2.55. The molecule has 1 saturated heterocycles. The number of aromatic nitrogens is 3. The van der Waals surface area contributed by atoms with Crippen LogP contribution < -0.4 is 0 Å². The maximum absolute atomic E-state index is 12.7. The fourth-order valence-electron chi connectivity index (χ4n) is 3.40. The van der Waals surface area contributed by atoms with E-state index in [0.29, 0.717) is 18.2 Å². The minimum atomic E-state index is -0.370. The van der Waals surface area contributed by atoms with Crippen LogP contribution in [0.4, 0.5) is 0 Å². The van der Waals surface area contributed by atoms with E-state index in [2.05, 4.69) is 23.8 Å². The molecule has 142 valence electrons. The number of carbonyl (C=O) groups is 1. The number of rotatable bonds is 5. The Labute approximate surface area is 154 Å². The van der Waals surface area contributed by atoms with Crippen LogP contribution in [0.2, 0.25) is 0 Å². The summed E-state index contributed by atoms with van der Waals surface area (Å²) in [5.74, 6) is 0.356. The average molecular weight is 360 g/mol. The van der Waals surface area contributed by atoms with Crippen molar-refractivity contribution in [2.75, 3.05) is 26.3 Å². The first kappa shape index (κ1) is 18.7. The van der Waals surface area contributed by atoms with Gasteiger partial charge in [-0.05, 0) is 39.8 Å². The molecule has 2 aromatic heterocycles. The van der Waals surface area contributed by atoms with Crippen molar-refractivity contribution in [3.05, 3.63) is 35.3 Å². The number of hydrogen-bond acceptors (Lipinski definition) is 5. The molecule has 26 heavy (non-hydrogen) atoms. The second-order valence-electron chi connectivity index (χ2n) is 7.14. The maximum Gasteiger partial charge on any atom is 0.343 e. The lowest BCUT2D eigenvalue weighted by molar-refractivity contribution is -0.0662. The molecule has 0 aromatic carbocycles. The first-order chi connectivity index (χ1) is 12.4. The SMILES string of the molecule is Cc1ccc(C)n1-c1c(C(=O)OCC2CN(C(C)C)CCO2)cnn1C. The van der Waals surface area contributed by atoms with E-state index in [9.17, 15) is 4.79 Å². The van der Waals surface area contributed by atoms with Gasteiger partial charge in [0.15, 0.2) is 0 Å². The molecule has 0 aliphatic carbocycles. The molecule has 3 rings (SSSR count). The Balaban J connectivity index is 1.72. The van der Waals surface area contributed by atoms with E-state index < -0.39 is 0 Å². The molecule has 1 fully saturated rings. The number of ether oxygens (including phenoxy) is 2. The Morgan fingerprint density at radius 2 is 2.04 bits per heavy atom. The quantitative estimate of drug-likeness (QED) is 0.764. The van der Waals surface area contributed by atoms with Gasteiger partial charge in [0.2, 0.25) is 0 Å². The molecule has 1 atom stereocenters. The molecule has 0 saturated carbocycles. The summed E-state index contributed by atoms with van der Waals surface area (Å²) in [6, 6.07) is 4.50. The molecule has 3 heterocycles. The molecule has 1 aliphatic rings. The van der Waals surface area contributed by atoms with E-state index >= 15 is 0 Å². The van der Waals surface area contributed by atoms with Crippen molar-refractivity contribution in [2.45, 2.75) is 39.8 Å². The third kappa shape index (κ3) is 3.68. The van der Waals surface area contributed by atoms with Gasteiger partial charge in [0.1, 0.15) is 24.1 Å². The minimum Gasteiger partial charge on any atom is -0.459 e. The third-order valence-electron chi connectivity index (χ3n) is 4.91. The number of morpholine rings is 1. The molecule has 7 heteroatoms. The van der Waals surface area contributed by atoms with E-state index in [-0.39, 0.29) is 18.7 Å². The van der Waals surface area contributed by atoms with E-state index in [4.69, 9.17) is 9.47 Å². The fourth-order valence-corrected chi connectivity index (χ4v) is 3.40. The van der Waals surface area contributed by atoms with Gasteiger partial charge in [-0.25, -0.2) is 4.79 Å². The highest BCUT2D eigenvalue weighted by Gasteiger charge is 2.26. The summed E-state index contributed by atoms with van der Waals surface area (Å²) < 4.78 is 15.0. The summed E-state index contributed by atoms with van der Waals surface area (Å²) in [6.45, 7) is 11.0. The average Bonchev–Trinajstić information content (AvgIpc) is 3.15. The van der Waals surface area contributed by atoms with Crippen LogP contribution in [-0.2, 0) is 16.5 Å². The van der Waals surface area contributed by atoms with Gasteiger partial charge in [-0.2, -0.15) is 5.10 Å². The Morgan fingerprint density at radius 3 is 2.69 bits per heavy atom. The van der Waals surface area contributed by atoms with E-state index in [1.54, 1.807) is 10.9 Å². The monoisotopic (exact) mass is 360 g/mol. The largest absolute Gasteiger partial charge is 0.459 e. The molecule has 1 unspecified atom stereocenters. The summed E-state index contributed by atoms with van der Waals surface area (Å²) in [4.78, 5) is 15.0. The van der Waals surface area contributed by atoms with E-state index in [0.717, 1.165) is 30.3 Å². The predicted octanol–water partition coefficient (Wildman–Crippen LogP) is 2.09. The van der Waals surface area contributed by atoms with E-state index in [1.807, 2.05) is 37.6 Å². The molecule has 2 aromatic rings. The zero-order valence-corrected chi connectivity index (χ0v) is 16.2. The van der Waals surface area contributed by atoms with Crippen molar-refractivity contribution in [1.82, 2.24) is 19.2 Å². The first-order valence-corrected chi connectivity index (χ1v) is 9.08. The molecular formula is C19H28N4O3. The highest BCUT2D eigenvalue weighted by Crippen LogP contribution is 2.21. The number of hydrogen-bond donors (Lipinski definition) is 0. The van der Waals surface area contributed by atoms with Gasteiger partial charge in [0, 0.05) is 37.6 Å². The highest BCUT2D eigenvalue weighted by molar-refractivity contribution is 5.92. The van der Waals surface area contributed by atoms with Crippen LogP contribution >= 0.6 is 0 Å². The van der Waals surface area contributed by atoms with Gasteiger partial charge < -0.3 is 14.0 Å². The molecule has 0 bridgehead atoms. The van der Waals surface area contributed by atoms with Crippen LogP contribution in [0, 0.1) is 13.8 Å². The van der Waals surface area contributed by atoms with Gasteiger partial charge in [0.05, 0.1) is 12.8 Å². The normalized spacial score (nSPS) is 18.5. The topological polar surface area (TPSA) is 61.5 Å². The van der Waals surface area contributed by atoms with Gasteiger partial charge in [-0.1, -0.05) is 0 Å². The number of nitrogens with zero attached hydrogens (tertiary/aromatic N) is 4. The summed E-state index contributed by atoms with van der Waals surface area (Å²) in [5, 5.41) is 4.26. The second kappa shape index (κ2) is 7.63. The van der Waals surface area contributed by atoms with Crippen molar-refractivity contribution in [1.29, 1.82) is 0 Å². The molecule has 0 N–H and O–H groups in total. The van der Waals surface area contributed by atoms with E-state index in [1.165, 1.54) is 0 Å². The Bertz CT molecular complexity index is 758. The molecule has 0 amide bonds. The molecule has 0 spiro atoms. The lowest BCUT2D eigenvalue weighted by Gasteiger charge is -2.35. The number of aryl methyl sites for hydroxylation is 3. The second-order valence-corrected chi connectivity index (χ2v) is 7.14. The highest BCUT2D eigenvalue weighted by atomic mass is 16.6. The van der Waals surface area contributed by atoms with Crippen LogP contribution in [0.15, 0.2) is 18.3 Å². The van der Waals surface area contributed by atoms with Crippen molar-refractivity contribution < 1.29 is 14.3 Å². The van der Waals surface area contributed by atoms with Crippen molar-refractivity contribution in [3.63, 3.8) is 0 Å². The lowest BCUT2D eigenvalue weighted by Crippen LogP contribution is -2.47. The van der Waals surface area contributed by atoms with Gasteiger partial charge in [-0.15, -0.1) is 0 Å². The number of esters is 1. The van der Waals surface area contributed by atoms with Crippen molar-refractivity contribution in [3.8, 4) is 5.82 Å². The first-order valence-electron chi connectivity index (χ1n) is 9.08. The minimum absolute atomic E-state index is 0.0923. The van der Waals surface area contributed by atoms with Gasteiger partial charge in [-0.3, -0.25) is 9.58 Å². The Kier molecular flexibility index (Phi) is 5.48. The lowest BCUT2D eigenvalue weighted by atomic mass is 10.2. The third-order valence-corrected chi connectivity index (χ3v) is 4.91. The molecule has 1 aliphatic heterocycles. The standard InChI is InChI=1S/C19H28N4O3/c1-13(2)22-8-9-25-16(11-22)12-26-19(24)17-10-20-21(5)18(17)23-14(3)6-7-15(23)4/h6-7,10,13,16H,8-9,11-12H2,1-5H3. The smallest absolute Gasteiger partial charge is 0.343 e. The van der Waals surface area contributed by atoms with Crippen LogP contribution in [0.3, 0.4) is 0 Å². The maximum atomic E-state index is 12.7. The summed E-state index contributed by atoms with van der Waals surface area (Å²) >= 11 is 0. The zero-order valence-electron chi connectivity index (χ0n) is 16.2. The predicted molar refractivity (Wildman–Crippen MR) is 98.7 cm³/mol. The summed E-state index contributed by atoms with van der Waals surface area (Å²) in [7, 11) is 1.83. The van der Waals surface area contributed by atoms with Gasteiger partial charge in [0.25, 0.3) is 0 Å². The fraction of sp³-hybridized carbons (Fsp3) is 0.579. The molecular weight excluding hydrogens is 332 g/mol. The van der Waals surface area contributed by atoms with Crippen molar-refractivity contribution in [2.24, 2.45) is 7.05 Å². The Morgan fingerprint density at radius 1 is 1.35 bits per heavy atom. The number of carbonyl (C=O) groups excluding carboxylic acids is 1. The zero-order chi connectivity index (χ0) is 18.8. The molecule has 0 radical (unpaired) electrons. The van der Waals surface area contributed by atoms with Crippen molar-refractivity contribution >= 4 is 5.97 Å².